The molecule has 2 bridgehead atoms. The number of hydrogen-bond acceptors (Lipinski definition) is 4. The van der Waals surface area contributed by atoms with E-state index < -0.39 is 14.0 Å². The monoisotopic (exact) mass is 383 g/mol. The van der Waals surface area contributed by atoms with E-state index in [9.17, 15) is 9.59 Å². The summed E-state index contributed by atoms with van der Waals surface area (Å²) in [6, 6.07) is 8.66. The lowest BCUT2D eigenvalue weighted by Gasteiger charge is -2.24. The van der Waals surface area contributed by atoms with E-state index in [0.717, 1.165) is 34.7 Å². The number of Topliss-reactive ketones (excluding diaryl/α,β-unsaturated/α-hetero) is 2. The molecule has 136 valence electrons. The molecule has 0 aliphatic heterocycles. The molecule has 5 heteroatoms. The Bertz CT molecular complexity index is 856. The Morgan fingerprint density at radius 3 is 2.12 bits per heavy atom. The molecule has 0 saturated heterocycles. The first-order valence-corrected chi connectivity index (χ1v) is 13.7. The molecule has 1 heterocycles. The number of nitrogens with zero attached hydrogens (tertiary/aromatic N) is 1. The largest absolute Gasteiger partial charge is 0.298 e. The number of aryl methyl sites for hydroxylation is 1. The topological polar surface area (TPSA) is 47.0 Å². The Labute approximate surface area is 159 Å². The molecule has 3 atom stereocenters. The zero-order valence-corrected chi connectivity index (χ0v) is 17.7. The van der Waals surface area contributed by atoms with Gasteiger partial charge in [-0.3, -0.25) is 9.59 Å². The summed E-state index contributed by atoms with van der Waals surface area (Å²) in [5.74, 6) is -0.255. The van der Waals surface area contributed by atoms with E-state index in [-0.39, 0.29) is 23.4 Å². The van der Waals surface area contributed by atoms with Gasteiger partial charge in [0.15, 0.2) is 11.6 Å². The molecule has 2 aliphatic rings. The van der Waals surface area contributed by atoms with E-state index in [4.69, 9.17) is 4.98 Å². The van der Waals surface area contributed by atoms with Crippen molar-refractivity contribution in [1.29, 1.82) is 0 Å². The molecule has 1 unspecified atom stereocenters. The Balaban J connectivity index is 1.68. The highest BCUT2D eigenvalue weighted by atomic mass is 32.1. The van der Waals surface area contributed by atoms with Gasteiger partial charge in [0.25, 0.3) is 0 Å². The Hall–Kier alpha value is -1.59. The van der Waals surface area contributed by atoms with Crippen molar-refractivity contribution in [2.24, 2.45) is 11.8 Å². The molecule has 1 aromatic heterocycles. The van der Waals surface area contributed by atoms with Gasteiger partial charge in [0.1, 0.15) is 10.9 Å². The zero-order chi connectivity index (χ0) is 18.6. The van der Waals surface area contributed by atoms with Crippen LogP contribution in [0.1, 0.15) is 35.8 Å². The number of thiazole rings is 1. The van der Waals surface area contributed by atoms with E-state index in [1.54, 1.807) is 11.3 Å². The predicted octanol–water partition coefficient (Wildman–Crippen LogP) is 4.32. The average molecular weight is 384 g/mol. The SMILES string of the molecule is Cc1sc(-c2ccc([Si](C)(C)C)cc2)nc1C1C(=O)[C@@H]2CC[C@@H](C2)C1=O. The van der Waals surface area contributed by atoms with Crippen LogP contribution in [0.25, 0.3) is 10.6 Å². The summed E-state index contributed by atoms with van der Waals surface area (Å²) in [5, 5.41) is 2.34. The molecule has 3 nitrogen and oxygen atoms in total. The summed E-state index contributed by atoms with van der Waals surface area (Å²) >= 11 is 1.60. The maximum atomic E-state index is 12.8. The van der Waals surface area contributed by atoms with E-state index in [1.807, 2.05) is 6.92 Å². The molecule has 0 radical (unpaired) electrons. The van der Waals surface area contributed by atoms with Crippen molar-refractivity contribution >= 4 is 36.2 Å². The van der Waals surface area contributed by atoms with Gasteiger partial charge in [-0.25, -0.2) is 4.98 Å². The van der Waals surface area contributed by atoms with E-state index in [1.165, 1.54) is 5.19 Å². The van der Waals surface area contributed by atoms with Crippen molar-refractivity contribution in [3.8, 4) is 10.6 Å². The van der Waals surface area contributed by atoms with Crippen LogP contribution in [0, 0.1) is 18.8 Å². The summed E-state index contributed by atoms with van der Waals surface area (Å²) in [5.41, 5.74) is 1.79. The molecule has 1 aromatic carbocycles. The first-order valence-electron chi connectivity index (χ1n) is 9.41. The van der Waals surface area contributed by atoms with Crippen LogP contribution in [0.3, 0.4) is 0 Å². The van der Waals surface area contributed by atoms with Crippen LogP contribution >= 0.6 is 11.3 Å². The number of carbonyl (C=O) groups excluding carboxylic acids is 2. The lowest BCUT2D eigenvalue weighted by molar-refractivity contribution is -0.136. The molecule has 0 amide bonds. The Morgan fingerprint density at radius 2 is 1.58 bits per heavy atom. The summed E-state index contributed by atoms with van der Waals surface area (Å²) in [6.45, 7) is 9.00. The van der Waals surface area contributed by atoms with Crippen LogP contribution < -0.4 is 5.19 Å². The average Bonchev–Trinajstić information content (AvgIpc) is 3.19. The number of ketones is 2. The number of hydrogen-bond donors (Lipinski definition) is 0. The van der Waals surface area contributed by atoms with Gasteiger partial charge in [0.2, 0.25) is 0 Å². The van der Waals surface area contributed by atoms with Gasteiger partial charge in [-0.2, -0.15) is 0 Å². The highest BCUT2D eigenvalue weighted by Gasteiger charge is 2.48. The maximum Gasteiger partial charge on any atom is 0.152 e. The van der Waals surface area contributed by atoms with Gasteiger partial charge in [0, 0.05) is 22.3 Å². The molecular formula is C21H25NO2SSi. The second-order valence-electron chi connectivity index (χ2n) is 8.73. The van der Waals surface area contributed by atoms with Crippen molar-refractivity contribution in [1.82, 2.24) is 4.98 Å². The van der Waals surface area contributed by atoms with Gasteiger partial charge in [-0.15, -0.1) is 11.3 Å². The van der Waals surface area contributed by atoms with Crippen LogP contribution in [-0.2, 0) is 9.59 Å². The first kappa shape index (κ1) is 17.8. The minimum atomic E-state index is -1.32. The highest BCUT2D eigenvalue weighted by Crippen LogP contribution is 2.45. The molecular weight excluding hydrogens is 358 g/mol. The normalized spacial score (nSPS) is 25.8. The van der Waals surface area contributed by atoms with Gasteiger partial charge < -0.3 is 0 Å². The fourth-order valence-corrected chi connectivity index (χ4v) is 6.41. The molecule has 26 heavy (non-hydrogen) atoms. The third kappa shape index (κ3) is 2.91. The summed E-state index contributed by atoms with van der Waals surface area (Å²) < 4.78 is 0. The standard InChI is InChI=1S/C21H25NO2SSi/c1-12-18(17-19(23)14-5-6-15(11-14)20(17)24)22-21(25-12)13-7-9-16(10-8-13)26(2,3)4/h7-10,14-15,17H,5-6,11H2,1-4H3/t14-,15+,17?. The zero-order valence-electron chi connectivity index (χ0n) is 15.8. The van der Waals surface area contributed by atoms with Crippen molar-refractivity contribution in [3.05, 3.63) is 34.8 Å². The Morgan fingerprint density at radius 1 is 1.00 bits per heavy atom. The summed E-state index contributed by atoms with van der Waals surface area (Å²) in [6.07, 6.45) is 2.52. The van der Waals surface area contributed by atoms with Crippen molar-refractivity contribution in [2.45, 2.75) is 51.7 Å². The van der Waals surface area contributed by atoms with Gasteiger partial charge in [-0.1, -0.05) is 49.1 Å². The lowest BCUT2D eigenvalue weighted by Crippen LogP contribution is -2.37. The maximum absolute atomic E-state index is 12.8. The van der Waals surface area contributed by atoms with Crippen molar-refractivity contribution in [3.63, 3.8) is 0 Å². The minimum Gasteiger partial charge on any atom is -0.298 e. The Kier molecular flexibility index (Phi) is 4.27. The second kappa shape index (κ2) is 6.24. The third-order valence-electron chi connectivity index (χ3n) is 5.91. The fraction of sp³-hybridized carbons (Fsp3) is 0.476. The molecule has 2 fully saturated rings. The predicted molar refractivity (Wildman–Crippen MR) is 109 cm³/mol. The first-order chi connectivity index (χ1) is 12.3. The second-order valence-corrected chi connectivity index (χ2v) is 15.0. The fourth-order valence-electron chi connectivity index (χ4n) is 4.29. The number of benzene rings is 1. The molecule has 2 saturated carbocycles. The number of aromatic nitrogens is 1. The summed E-state index contributed by atoms with van der Waals surface area (Å²) in [4.78, 5) is 31.4. The minimum absolute atomic E-state index is 0.0725. The molecule has 2 aliphatic carbocycles. The van der Waals surface area contributed by atoms with Crippen LogP contribution in [0.5, 0.6) is 0 Å². The molecule has 0 N–H and O–H groups in total. The van der Waals surface area contributed by atoms with E-state index in [2.05, 4.69) is 43.9 Å². The molecule has 2 aromatic rings. The third-order valence-corrected chi connectivity index (χ3v) is 9.01. The van der Waals surface area contributed by atoms with E-state index >= 15 is 0 Å². The van der Waals surface area contributed by atoms with Crippen LogP contribution in [-0.4, -0.2) is 24.6 Å². The lowest BCUT2D eigenvalue weighted by atomic mass is 9.77. The van der Waals surface area contributed by atoms with Crippen LogP contribution in [0.4, 0.5) is 0 Å². The van der Waals surface area contributed by atoms with Gasteiger partial charge >= 0.3 is 0 Å². The molecule has 4 rings (SSSR count). The quantitative estimate of drug-likeness (QED) is 0.586. The smallest absolute Gasteiger partial charge is 0.152 e. The van der Waals surface area contributed by atoms with Crippen molar-refractivity contribution in [2.75, 3.05) is 0 Å². The number of rotatable bonds is 3. The number of carbonyl (C=O) groups is 2. The van der Waals surface area contributed by atoms with Crippen LogP contribution in [0.2, 0.25) is 19.6 Å². The van der Waals surface area contributed by atoms with E-state index in [0.29, 0.717) is 5.69 Å². The summed E-state index contributed by atoms with van der Waals surface area (Å²) in [7, 11) is -1.32. The van der Waals surface area contributed by atoms with Gasteiger partial charge in [0.05, 0.1) is 13.8 Å². The van der Waals surface area contributed by atoms with Crippen LogP contribution in [0.15, 0.2) is 24.3 Å². The highest BCUT2D eigenvalue weighted by molar-refractivity contribution is 7.15. The molecule has 0 spiro atoms. The van der Waals surface area contributed by atoms with Crippen molar-refractivity contribution < 1.29 is 9.59 Å². The van der Waals surface area contributed by atoms with Gasteiger partial charge in [-0.05, 0) is 26.2 Å². The number of fused-ring (bicyclic) bond motifs is 2.